The molecule has 2 heterocycles. The first-order valence-electron chi connectivity index (χ1n) is 6.73. The molecule has 0 aliphatic carbocycles. The molecule has 0 aromatic carbocycles. The van der Waals surface area contributed by atoms with E-state index >= 15 is 0 Å². The van der Waals surface area contributed by atoms with Crippen LogP contribution in [0, 0.1) is 12.3 Å². The average molecular weight is 261 g/mol. The van der Waals surface area contributed by atoms with E-state index in [1.807, 2.05) is 22.8 Å². The van der Waals surface area contributed by atoms with Crippen molar-refractivity contribution in [3.63, 3.8) is 0 Å². The molecular formula is C14H23N5. The molecule has 0 bridgehead atoms. The molecule has 2 aromatic heterocycles. The van der Waals surface area contributed by atoms with E-state index in [0.717, 1.165) is 24.7 Å². The van der Waals surface area contributed by atoms with E-state index in [0.29, 0.717) is 6.54 Å². The second-order valence-corrected chi connectivity index (χ2v) is 5.80. The Labute approximate surface area is 114 Å². The van der Waals surface area contributed by atoms with E-state index < -0.39 is 0 Å². The number of hydrogen-bond acceptors (Lipinski definition) is 4. The molecule has 2 aromatic rings. The van der Waals surface area contributed by atoms with Gasteiger partial charge in [0.2, 0.25) is 5.95 Å². The molecule has 0 saturated heterocycles. The Bertz CT molecular complexity index is 558. The molecule has 5 nitrogen and oxygen atoms in total. The standard InChI is InChI=1S/C14H23N5/c1-5-18(10-14(3,4)9-15)13-16-12-8-11(2)6-7-19(12)17-13/h6-8H,5,9-10,15H2,1-4H3. The van der Waals surface area contributed by atoms with Gasteiger partial charge in [-0.1, -0.05) is 13.8 Å². The van der Waals surface area contributed by atoms with Gasteiger partial charge in [-0.15, -0.1) is 5.10 Å². The normalized spacial score (nSPS) is 12.1. The Morgan fingerprint density at radius 1 is 1.42 bits per heavy atom. The summed E-state index contributed by atoms with van der Waals surface area (Å²) in [5.41, 5.74) is 7.95. The zero-order valence-electron chi connectivity index (χ0n) is 12.2. The van der Waals surface area contributed by atoms with Crippen LogP contribution < -0.4 is 10.6 Å². The number of nitrogens with zero attached hydrogens (tertiary/aromatic N) is 4. The summed E-state index contributed by atoms with van der Waals surface area (Å²) in [6, 6.07) is 4.07. The van der Waals surface area contributed by atoms with Gasteiger partial charge in [-0.25, -0.2) is 4.52 Å². The SMILES string of the molecule is CCN(CC(C)(C)CN)c1nc2cc(C)ccn2n1. The van der Waals surface area contributed by atoms with Crippen molar-refractivity contribution in [3.05, 3.63) is 23.9 Å². The minimum absolute atomic E-state index is 0.0589. The smallest absolute Gasteiger partial charge is 0.245 e. The molecule has 0 aliphatic rings. The third-order valence-electron chi connectivity index (χ3n) is 3.32. The minimum atomic E-state index is 0.0589. The van der Waals surface area contributed by atoms with Crippen LogP contribution in [0.15, 0.2) is 18.3 Å². The molecule has 0 amide bonds. The molecule has 19 heavy (non-hydrogen) atoms. The first-order chi connectivity index (χ1) is 8.95. The molecule has 104 valence electrons. The minimum Gasteiger partial charge on any atom is -0.339 e. The summed E-state index contributed by atoms with van der Waals surface area (Å²) in [6.07, 6.45) is 1.95. The largest absolute Gasteiger partial charge is 0.339 e. The van der Waals surface area contributed by atoms with Crippen molar-refractivity contribution >= 4 is 11.6 Å². The van der Waals surface area contributed by atoms with Crippen LogP contribution in [0.3, 0.4) is 0 Å². The molecule has 0 spiro atoms. The maximum atomic E-state index is 5.81. The highest BCUT2D eigenvalue weighted by Crippen LogP contribution is 2.19. The number of rotatable bonds is 5. The summed E-state index contributed by atoms with van der Waals surface area (Å²) in [7, 11) is 0. The van der Waals surface area contributed by atoms with Crippen molar-refractivity contribution < 1.29 is 0 Å². The predicted molar refractivity (Wildman–Crippen MR) is 78.4 cm³/mol. The lowest BCUT2D eigenvalue weighted by molar-refractivity contribution is 0.377. The molecular weight excluding hydrogens is 238 g/mol. The Kier molecular flexibility index (Phi) is 3.75. The zero-order chi connectivity index (χ0) is 14.0. The van der Waals surface area contributed by atoms with Crippen LogP contribution >= 0.6 is 0 Å². The summed E-state index contributed by atoms with van der Waals surface area (Å²) in [6.45, 7) is 10.9. The third kappa shape index (κ3) is 3.04. The topological polar surface area (TPSA) is 59.5 Å². The Morgan fingerprint density at radius 2 is 2.16 bits per heavy atom. The van der Waals surface area contributed by atoms with Gasteiger partial charge < -0.3 is 10.6 Å². The van der Waals surface area contributed by atoms with Gasteiger partial charge in [0.25, 0.3) is 0 Å². The zero-order valence-corrected chi connectivity index (χ0v) is 12.2. The number of anilines is 1. The summed E-state index contributed by atoms with van der Waals surface area (Å²) < 4.78 is 1.82. The van der Waals surface area contributed by atoms with E-state index in [-0.39, 0.29) is 5.41 Å². The molecule has 0 unspecified atom stereocenters. The highest BCUT2D eigenvalue weighted by molar-refractivity contribution is 5.46. The van der Waals surface area contributed by atoms with Gasteiger partial charge in [0.1, 0.15) is 0 Å². The van der Waals surface area contributed by atoms with E-state index in [2.05, 4.69) is 42.7 Å². The molecule has 2 N–H and O–H groups in total. The fourth-order valence-corrected chi connectivity index (χ4v) is 2.01. The molecule has 2 rings (SSSR count). The number of aryl methyl sites for hydroxylation is 1. The summed E-state index contributed by atoms with van der Waals surface area (Å²) in [5, 5.41) is 4.53. The maximum absolute atomic E-state index is 5.81. The van der Waals surface area contributed by atoms with Gasteiger partial charge in [-0.05, 0) is 43.5 Å². The monoisotopic (exact) mass is 261 g/mol. The maximum Gasteiger partial charge on any atom is 0.245 e. The van der Waals surface area contributed by atoms with E-state index in [1.165, 1.54) is 5.56 Å². The number of pyridine rings is 1. The molecule has 0 saturated carbocycles. The second-order valence-electron chi connectivity index (χ2n) is 5.80. The lowest BCUT2D eigenvalue weighted by Gasteiger charge is -2.30. The first-order valence-corrected chi connectivity index (χ1v) is 6.73. The average Bonchev–Trinajstić information content (AvgIpc) is 2.78. The Morgan fingerprint density at radius 3 is 2.79 bits per heavy atom. The van der Waals surface area contributed by atoms with Crippen molar-refractivity contribution in [2.45, 2.75) is 27.7 Å². The quantitative estimate of drug-likeness (QED) is 0.892. The fourth-order valence-electron chi connectivity index (χ4n) is 2.01. The Hall–Kier alpha value is -1.62. The lowest BCUT2D eigenvalue weighted by atomic mass is 9.93. The summed E-state index contributed by atoms with van der Waals surface area (Å²) in [4.78, 5) is 6.78. The van der Waals surface area contributed by atoms with Gasteiger partial charge in [0.05, 0.1) is 0 Å². The van der Waals surface area contributed by atoms with Crippen LogP contribution in [0.4, 0.5) is 5.95 Å². The molecule has 0 atom stereocenters. The van der Waals surface area contributed by atoms with Crippen molar-refractivity contribution in [2.75, 3.05) is 24.5 Å². The van der Waals surface area contributed by atoms with E-state index in [9.17, 15) is 0 Å². The van der Waals surface area contributed by atoms with Crippen LogP contribution in [0.1, 0.15) is 26.3 Å². The van der Waals surface area contributed by atoms with Crippen LogP contribution in [0.5, 0.6) is 0 Å². The van der Waals surface area contributed by atoms with Gasteiger partial charge in [0.15, 0.2) is 5.65 Å². The predicted octanol–water partition coefficient (Wildman–Crippen LogP) is 1.85. The number of fused-ring (bicyclic) bond motifs is 1. The first kappa shape index (κ1) is 13.8. The third-order valence-corrected chi connectivity index (χ3v) is 3.32. The second kappa shape index (κ2) is 5.17. The highest BCUT2D eigenvalue weighted by Gasteiger charge is 2.22. The van der Waals surface area contributed by atoms with Crippen molar-refractivity contribution in [2.24, 2.45) is 11.1 Å². The van der Waals surface area contributed by atoms with Crippen LogP contribution in [0.25, 0.3) is 5.65 Å². The molecule has 0 fully saturated rings. The van der Waals surface area contributed by atoms with Crippen molar-refractivity contribution in [1.29, 1.82) is 0 Å². The van der Waals surface area contributed by atoms with Crippen molar-refractivity contribution in [3.8, 4) is 0 Å². The number of aromatic nitrogens is 3. The fraction of sp³-hybridized carbons (Fsp3) is 0.571. The van der Waals surface area contributed by atoms with Gasteiger partial charge in [-0.3, -0.25) is 0 Å². The molecule has 0 aliphatic heterocycles. The van der Waals surface area contributed by atoms with Crippen molar-refractivity contribution in [1.82, 2.24) is 14.6 Å². The van der Waals surface area contributed by atoms with Crippen LogP contribution in [-0.4, -0.2) is 34.2 Å². The van der Waals surface area contributed by atoms with Gasteiger partial charge in [0, 0.05) is 19.3 Å². The van der Waals surface area contributed by atoms with Gasteiger partial charge in [-0.2, -0.15) is 4.98 Å². The lowest BCUT2D eigenvalue weighted by Crippen LogP contribution is -2.39. The van der Waals surface area contributed by atoms with E-state index in [4.69, 9.17) is 5.73 Å². The molecule has 0 radical (unpaired) electrons. The van der Waals surface area contributed by atoms with E-state index in [1.54, 1.807) is 0 Å². The van der Waals surface area contributed by atoms with Crippen LogP contribution in [-0.2, 0) is 0 Å². The number of nitrogens with two attached hydrogens (primary N) is 1. The highest BCUT2D eigenvalue weighted by atomic mass is 15.4. The van der Waals surface area contributed by atoms with Gasteiger partial charge >= 0.3 is 0 Å². The summed E-state index contributed by atoms with van der Waals surface area (Å²) >= 11 is 0. The number of hydrogen-bond donors (Lipinski definition) is 1. The Balaban J connectivity index is 2.30. The molecule has 5 heteroatoms. The van der Waals surface area contributed by atoms with Crippen LogP contribution in [0.2, 0.25) is 0 Å². The summed E-state index contributed by atoms with van der Waals surface area (Å²) in [5.74, 6) is 0.773.